The topological polar surface area (TPSA) is 34.4 Å². The lowest BCUT2D eigenvalue weighted by molar-refractivity contribution is 0.700. The summed E-state index contributed by atoms with van der Waals surface area (Å²) in [6, 6.07) is 10.4. The Balaban J connectivity index is 1.65. The highest BCUT2D eigenvalue weighted by molar-refractivity contribution is 7.98. The fraction of sp³-hybridized carbons (Fsp3) is 0.263. The van der Waals surface area contributed by atoms with Gasteiger partial charge >= 0.3 is 0 Å². The molecule has 0 bridgehead atoms. The molecule has 3 heterocycles. The zero-order chi connectivity index (χ0) is 16.8. The number of thiazole rings is 1. The van der Waals surface area contributed by atoms with Crippen LogP contribution in [-0.4, -0.2) is 9.38 Å². The predicted octanol–water partition coefficient (Wildman–Crippen LogP) is 5.14. The van der Waals surface area contributed by atoms with Gasteiger partial charge in [-0.25, -0.2) is 0 Å². The van der Waals surface area contributed by atoms with Crippen LogP contribution < -0.4 is 5.56 Å². The molecule has 0 aliphatic heterocycles. The number of hydrogen-bond acceptors (Lipinski definition) is 5. The zero-order valence-corrected chi connectivity index (χ0v) is 16.0. The van der Waals surface area contributed by atoms with Crippen LogP contribution in [0.25, 0.3) is 15.2 Å². The van der Waals surface area contributed by atoms with Crippen LogP contribution >= 0.6 is 34.4 Å². The van der Waals surface area contributed by atoms with Gasteiger partial charge in [0.05, 0.1) is 5.39 Å². The average Bonchev–Trinajstić information content (AvgIpc) is 3.22. The number of thioether (sulfide) groups is 1. The number of nitrogens with zero attached hydrogens (tertiary/aromatic N) is 2. The Morgan fingerprint density at radius 2 is 2.00 bits per heavy atom. The molecule has 0 unspecified atom stereocenters. The molecular formula is C19H16N2OS3. The summed E-state index contributed by atoms with van der Waals surface area (Å²) in [7, 11) is 0. The van der Waals surface area contributed by atoms with Crippen molar-refractivity contribution in [1.29, 1.82) is 0 Å². The van der Waals surface area contributed by atoms with Gasteiger partial charge in [0.2, 0.25) is 0 Å². The van der Waals surface area contributed by atoms with E-state index in [1.54, 1.807) is 22.7 Å². The normalized spacial score (nSPS) is 14.2. The van der Waals surface area contributed by atoms with Crippen LogP contribution in [0.5, 0.6) is 0 Å². The Morgan fingerprint density at radius 3 is 2.88 bits per heavy atom. The van der Waals surface area contributed by atoms with E-state index in [9.17, 15) is 4.79 Å². The van der Waals surface area contributed by atoms with Crippen molar-refractivity contribution in [2.45, 2.75) is 36.3 Å². The highest BCUT2D eigenvalue weighted by atomic mass is 32.2. The van der Waals surface area contributed by atoms with Crippen LogP contribution in [0.2, 0.25) is 0 Å². The molecule has 6 heteroatoms. The van der Waals surface area contributed by atoms with Gasteiger partial charge in [-0.2, -0.15) is 4.98 Å². The summed E-state index contributed by atoms with van der Waals surface area (Å²) in [4.78, 5) is 21.6. The molecule has 0 saturated heterocycles. The van der Waals surface area contributed by atoms with E-state index in [1.165, 1.54) is 33.9 Å². The third kappa shape index (κ3) is 2.63. The van der Waals surface area contributed by atoms with Gasteiger partial charge in [0.1, 0.15) is 4.83 Å². The Bertz CT molecular complexity index is 1120. The number of aromatic nitrogens is 2. The van der Waals surface area contributed by atoms with Gasteiger partial charge in [0, 0.05) is 26.6 Å². The first-order valence-electron chi connectivity index (χ1n) is 8.42. The summed E-state index contributed by atoms with van der Waals surface area (Å²) in [5, 5.41) is 3.03. The molecule has 126 valence electrons. The lowest BCUT2D eigenvalue weighted by Crippen LogP contribution is -2.11. The first-order chi connectivity index (χ1) is 12.3. The van der Waals surface area contributed by atoms with Crippen molar-refractivity contribution in [2.24, 2.45) is 0 Å². The van der Waals surface area contributed by atoms with E-state index in [2.05, 4.69) is 39.0 Å². The Kier molecular flexibility index (Phi) is 3.91. The van der Waals surface area contributed by atoms with E-state index in [0.717, 1.165) is 33.8 Å². The van der Waals surface area contributed by atoms with Crippen LogP contribution in [0.15, 0.2) is 45.4 Å². The number of rotatable bonds is 3. The van der Waals surface area contributed by atoms with Crippen LogP contribution in [0.3, 0.4) is 0 Å². The van der Waals surface area contributed by atoms with Crippen molar-refractivity contribution < 1.29 is 0 Å². The Hall–Kier alpha value is -1.63. The third-order valence-electron chi connectivity index (χ3n) is 4.68. The summed E-state index contributed by atoms with van der Waals surface area (Å²) < 4.78 is 2.22. The summed E-state index contributed by atoms with van der Waals surface area (Å²) in [5.41, 5.74) is 2.45. The Morgan fingerprint density at radius 1 is 1.16 bits per heavy atom. The van der Waals surface area contributed by atoms with Crippen LogP contribution in [0.4, 0.5) is 0 Å². The smallest absolute Gasteiger partial charge is 0.279 e. The SMILES string of the molecule is O=c1nc2scc(CSc3ccccc3)n2c2sc3c(c12)CCCC3. The molecule has 1 aromatic carbocycles. The van der Waals surface area contributed by atoms with Crippen molar-refractivity contribution in [2.75, 3.05) is 0 Å². The van der Waals surface area contributed by atoms with E-state index in [-0.39, 0.29) is 5.56 Å². The van der Waals surface area contributed by atoms with E-state index < -0.39 is 0 Å². The van der Waals surface area contributed by atoms with Crippen LogP contribution in [0.1, 0.15) is 29.0 Å². The second kappa shape index (κ2) is 6.27. The number of thiophene rings is 1. The number of benzene rings is 1. The molecule has 5 rings (SSSR count). The number of hydrogen-bond donors (Lipinski definition) is 0. The number of fused-ring (bicyclic) bond motifs is 5. The zero-order valence-electron chi connectivity index (χ0n) is 13.5. The molecule has 1 aliphatic rings. The van der Waals surface area contributed by atoms with Crippen LogP contribution in [0, 0.1) is 0 Å². The maximum Gasteiger partial charge on any atom is 0.282 e. The van der Waals surface area contributed by atoms with Gasteiger partial charge in [-0.15, -0.1) is 34.4 Å². The first kappa shape index (κ1) is 15.6. The third-order valence-corrected chi connectivity index (χ3v) is 7.87. The summed E-state index contributed by atoms with van der Waals surface area (Å²) in [6.07, 6.45) is 4.54. The fourth-order valence-electron chi connectivity index (χ4n) is 3.49. The van der Waals surface area contributed by atoms with Gasteiger partial charge in [0.25, 0.3) is 5.56 Å². The summed E-state index contributed by atoms with van der Waals surface area (Å²) in [5.74, 6) is 0.881. The highest BCUT2D eigenvalue weighted by Gasteiger charge is 2.22. The van der Waals surface area contributed by atoms with E-state index >= 15 is 0 Å². The van der Waals surface area contributed by atoms with Crippen LogP contribution in [-0.2, 0) is 18.6 Å². The number of aryl methyl sites for hydroxylation is 2. The van der Waals surface area contributed by atoms with Crippen molar-refractivity contribution >= 4 is 49.6 Å². The second-order valence-corrected chi connectivity index (χ2v) is 9.22. The molecule has 0 saturated carbocycles. The van der Waals surface area contributed by atoms with Crippen molar-refractivity contribution in [3.05, 3.63) is 62.2 Å². The lowest BCUT2D eigenvalue weighted by atomic mass is 9.97. The standard InChI is InChI=1S/C19H16N2OS3/c22-17-16-14-8-4-5-9-15(14)25-18(16)21-12(11-24-19(21)20-17)10-23-13-6-2-1-3-7-13/h1-3,6-7,11H,4-5,8-10H2. The minimum absolute atomic E-state index is 0.0430. The van der Waals surface area contributed by atoms with Gasteiger partial charge in [-0.3, -0.25) is 9.20 Å². The quantitative estimate of drug-likeness (QED) is 0.459. The molecule has 3 nitrogen and oxygen atoms in total. The van der Waals surface area contributed by atoms with E-state index in [0.29, 0.717) is 0 Å². The molecular weight excluding hydrogens is 368 g/mol. The van der Waals surface area contributed by atoms with Crippen molar-refractivity contribution in [1.82, 2.24) is 9.38 Å². The first-order valence-corrected chi connectivity index (χ1v) is 11.1. The lowest BCUT2D eigenvalue weighted by Gasteiger charge is -2.09. The molecule has 0 spiro atoms. The van der Waals surface area contributed by atoms with E-state index in [4.69, 9.17) is 0 Å². The summed E-state index contributed by atoms with van der Waals surface area (Å²) in [6.45, 7) is 0. The maximum atomic E-state index is 12.6. The van der Waals surface area contributed by atoms with Gasteiger partial charge in [0.15, 0.2) is 4.96 Å². The molecule has 3 aromatic heterocycles. The Labute approximate surface area is 157 Å². The maximum absolute atomic E-state index is 12.6. The van der Waals surface area contributed by atoms with Crippen molar-refractivity contribution in [3.8, 4) is 0 Å². The van der Waals surface area contributed by atoms with Gasteiger partial charge in [-0.05, 0) is 43.4 Å². The minimum Gasteiger partial charge on any atom is -0.279 e. The molecule has 0 amide bonds. The molecule has 1 aliphatic carbocycles. The molecule has 0 N–H and O–H groups in total. The highest BCUT2D eigenvalue weighted by Crippen LogP contribution is 2.36. The predicted molar refractivity (Wildman–Crippen MR) is 107 cm³/mol. The van der Waals surface area contributed by atoms with Gasteiger partial charge < -0.3 is 0 Å². The van der Waals surface area contributed by atoms with E-state index in [1.807, 2.05) is 17.8 Å². The monoisotopic (exact) mass is 384 g/mol. The molecule has 4 aromatic rings. The van der Waals surface area contributed by atoms with Gasteiger partial charge in [-0.1, -0.05) is 18.2 Å². The second-order valence-electron chi connectivity index (χ2n) is 6.25. The summed E-state index contributed by atoms with van der Waals surface area (Å²) >= 11 is 5.20. The molecule has 25 heavy (non-hydrogen) atoms. The molecule has 0 radical (unpaired) electrons. The minimum atomic E-state index is -0.0430. The molecule has 0 fully saturated rings. The van der Waals surface area contributed by atoms with Crippen molar-refractivity contribution in [3.63, 3.8) is 0 Å². The molecule has 0 atom stereocenters. The fourth-order valence-corrected chi connectivity index (χ4v) is 6.82. The average molecular weight is 385 g/mol. The largest absolute Gasteiger partial charge is 0.282 e.